The van der Waals surface area contributed by atoms with Crippen LogP contribution in [0.2, 0.25) is 0 Å². The van der Waals surface area contributed by atoms with E-state index in [0.29, 0.717) is 37.5 Å². The minimum atomic E-state index is -0.423. The van der Waals surface area contributed by atoms with Gasteiger partial charge in [-0.3, -0.25) is 14.4 Å². The molecule has 1 aromatic rings. The SMILES string of the molecule is CC(C)C[C@H](CC(=O)C1OC1c1ccccc1)C(=O)NCCCCCC(=O)CCCCC1CCSS1. The van der Waals surface area contributed by atoms with Crippen molar-refractivity contribution in [3.8, 4) is 0 Å². The summed E-state index contributed by atoms with van der Waals surface area (Å²) in [6.45, 7) is 4.75. The van der Waals surface area contributed by atoms with Crippen molar-refractivity contribution >= 4 is 39.1 Å². The number of unbranched alkanes of at least 4 members (excludes halogenated alkanes) is 3. The van der Waals surface area contributed by atoms with Crippen LogP contribution >= 0.6 is 21.6 Å². The highest BCUT2D eigenvalue weighted by Gasteiger charge is 2.46. The molecule has 0 aliphatic carbocycles. The standard InChI is InChI=1S/C29H43NO4S2/c1-21(2)19-23(20-26(32)28-27(34-28)22-11-5-3-6-12-22)29(33)30-17-10-4-7-13-24(31)14-8-9-15-25-16-18-35-36-25/h3,5-6,11-12,21,23,25,27-28H,4,7-10,13-20H2,1-2H3,(H,30,33)/t23-,25?,27?,28?/m1/s1. The van der Waals surface area contributed by atoms with Gasteiger partial charge in [0, 0.05) is 42.7 Å². The third-order valence-corrected chi connectivity index (χ3v) is 9.91. The van der Waals surface area contributed by atoms with Crippen LogP contribution in [0.1, 0.15) is 96.1 Å². The predicted molar refractivity (Wildman–Crippen MR) is 150 cm³/mol. The van der Waals surface area contributed by atoms with E-state index in [0.717, 1.165) is 42.9 Å². The first-order chi connectivity index (χ1) is 17.4. The summed E-state index contributed by atoms with van der Waals surface area (Å²) in [5.41, 5.74) is 1.02. The molecule has 3 unspecified atom stereocenters. The second-order valence-corrected chi connectivity index (χ2v) is 13.4. The van der Waals surface area contributed by atoms with Crippen LogP contribution in [0, 0.1) is 11.8 Å². The van der Waals surface area contributed by atoms with Crippen molar-refractivity contribution in [2.24, 2.45) is 11.8 Å². The van der Waals surface area contributed by atoms with Gasteiger partial charge in [-0.15, -0.1) is 0 Å². The summed E-state index contributed by atoms with van der Waals surface area (Å²) in [7, 11) is 3.99. The van der Waals surface area contributed by atoms with Crippen molar-refractivity contribution in [1.82, 2.24) is 5.32 Å². The average molecular weight is 534 g/mol. The van der Waals surface area contributed by atoms with Crippen LogP contribution in [-0.2, 0) is 19.1 Å². The molecule has 0 bridgehead atoms. The van der Waals surface area contributed by atoms with E-state index >= 15 is 0 Å². The van der Waals surface area contributed by atoms with E-state index in [1.165, 1.54) is 18.6 Å². The molecule has 0 aromatic heterocycles. The van der Waals surface area contributed by atoms with Crippen molar-refractivity contribution in [3.05, 3.63) is 35.9 Å². The third-order valence-electron chi connectivity index (χ3n) is 6.90. The van der Waals surface area contributed by atoms with Crippen LogP contribution in [-0.4, -0.2) is 41.1 Å². The van der Waals surface area contributed by atoms with Gasteiger partial charge in [-0.2, -0.15) is 0 Å². The number of Topliss-reactive ketones (excluding diaryl/α,β-unsaturated/α-hetero) is 2. The van der Waals surface area contributed by atoms with Crippen molar-refractivity contribution in [3.63, 3.8) is 0 Å². The highest BCUT2D eigenvalue weighted by Crippen LogP contribution is 2.41. The van der Waals surface area contributed by atoms with E-state index < -0.39 is 6.10 Å². The first-order valence-corrected chi connectivity index (χ1v) is 16.1. The van der Waals surface area contributed by atoms with E-state index in [4.69, 9.17) is 4.74 Å². The van der Waals surface area contributed by atoms with Gasteiger partial charge in [0.25, 0.3) is 0 Å². The Balaban J connectivity index is 1.26. The zero-order chi connectivity index (χ0) is 25.8. The molecule has 36 heavy (non-hydrogen) atoms. The molecule has 1 amide bonds. The maximum atomic E-state index is 12.8. The van der Waals surface area contributed by atoms with Crippen LogP contribution in [0.5, 0.6) is 0 Å². The monoisotopic (exact) mass is 533 g/mol. The summed E-state index contributed by atoms with van der Waals surface area (Å²) in [5.74, 6) is 1.64. The predicted octanol–water partition coefficient (Wildman–Crippen LogP) is 6.71. The fourth-order valence-electron chi connectivity index (χ4n) is 4.83. The van der Waals surface area contributed by atoms with E-state index in [1.54, 1.807) is 0 Å². The van der Waals surface area contributed by atoms with Crippen LogP contribution < -0.4 is 5.32 Å². The van der Waals surface area contributed by atoms with Gasteiger partial charge >= 0.3 is 0 Å². The lowest BCUT2D eigenvalue weighted by Crippen LogP contribution is -2.34. The Morgan fingerprint density at radius 3 is 2.47 bits per heavy atom. The molecule has 3 rings (SSSR count). The zero-order valence-electron chi connectivity index (χ0n) is 21.9. The first-order valence-electron chi connectivity index (χ1n) is 13.7. The molecule has 0 radical (unpaired) electrons. The van der Waals surface area contributed by atoms with Gasteiger partial charge in [0.1, 0.15) is 18.0 Å². The minimum absolute atomic E-state index is 0.0176. The summed E-state index contributed by atoms with van der Waals surface area (Å²) >= 11 is 0. The highest BCUT2D eigenvalue weighted by atomic mass is 33.1. The number of hydrogen-bond donors (Lipinski definition) is 1. The number of carbonyl (C=O) groups is 3. The van der Waals surface area contributed by atoms with Crippen LogP contribution in [0.25, 0.3) is 0 Å². The van der Waals surface area contributed by atoms with Crippen LogP contribution in [0.3, 0.4) is 0 Å². The number of benzene rings is 1. The van der Waals surface area contributed by atoms with Crippen molar-refractivity contribution < 1.29 is 19.1 Å². The maximum Gasteiger partial charge on any atom is 0.223 e. The number of nitrogens with one attached hydrogen (secondary N) is 1. The summed E-state index contributed by atoms with van der Waals surface area (Å²) in [6, 6.07) is 9.78. The lowest BCUT2D eigenvalue weighted by atomic mass is 9.90. The summed E-state index contributed by atoms with van der Waals surface area (Å²) in [4.78, 5) is 37.7. The summed E-state index contributed by atoms with van der Waals surface area (Å²) < 4.78 is 5.64. The fourth-order valence-corrected chi connectivity index (χ4v) is 7.86. The molecule has 5 nitrogen and oxygen atoms in total. The highest BCUT2D eigenvalue weighted by molar-refractivity contribution is 8.77. The Morgan fingerprint density at radius 1 is 1.03 bits per heavy atom. The molecular weight excluding hydrogens is 490 g/mol. The second kappa shape index (κ2) is 15.8. The van der Waals surface area contributed by atoms with Crippen LogP contribution in [0.4, 0.5) is 0 Å². The quantitative estimate of drug-likeness (QED) is 0.128. The lowest BCUT2D eigenvalue weighted by molar-refractivity contribution is -0.130. The molecule has 0 saturated carbocycles. The number of amides is 1. The molecule has 1 aromatic carbocycles. The second-order valence-electron chi connectivity index (χ2n) is 10.6. The number of ether oxygens (including phenoxy) is 1. The smallest absolute Gasteiger partial charge is 0.223 e. The first kappa shape index (κ1) is 29.2. The fraction of sp³-hybridized carbons (Fsp3) is 0.690. The Morgan fingerprint density at radius 2 is 1.78 bits per heavy atom. The zero-order valence-corrected chi connectivity index (χ0v) is 23.5. The van der Waals surface area contributed by atoms with Gasteiger partial charge in [0.15, 0.2) is 5.78 Å². The van der Waals surface area contributed by atoms with E-state index in [2.05, 4.69) is 19.2 Å². The molecule has 2 aliphatic rings. The minimum Gasteiger partial charge on any atom is -0.356 e. The number of carbonyl (C=O) groups excluding carboxylic acids is 3. The molecular formula is C29H43NO4S2. The van der Waals surface area contributed by atoms with E-state index in [1.807, 2.05) is 51.9 Å². The van der Waals surface area contributed by atoms with Gasteiger partial charge in [0.2, 0.25) is 5.91 Å². The maximum absolute atomic E-state index is 12.8. The van der Waals surface area contributed by atoms with Crippen molar-refractivity contribution in [2.45, 2.75) is 102 Å². The normalized spacial score (nSPS) is 21.9. The molecule has 2 aliphatic heterocycles. The molecule has 0 spiro atoms. The van der Waals surface area contributed by atoms with E-state index in [-0.39, 0.29) is 30.1 Å². The average Bonchev–Trinajstić information content (AvgIpc) is 3.51. The molecule has 200 valence electrons. The van der Waals surface area contributed by atoms with Crippen molar-refractivity contribution in [2.75, 3.05) is 12.3 Å². The summed E-state index contributed by atoms with van der Waals surface area (Å²) in [6.07, 6.45) is 9.11. The van der Waals surface area contributed by atoms with E-state index in [9.17, 15) is 14.4 Å². The van der Waals surface area contributed by atoms with Gasteiger partial charge in [-0.25, -0.2) is 0 Å². The summed E-state index contributed by atoms with van der Waals surface area (Å²) in [5, 5.41) is 3.83. The topological polar surface area (TPSA) is 75.8 Å². The lowest BCUT2D eigenvalue weighted by Gasteiger charge is -2.18. The van der Waals surface area contributed by atoms with Crippen LogP contribution in [0.15, 0.2) is 30.3 Å². The third kappa shape index (κ3) is 10.6. The Kier molecular flexibility index (Phi) is 12.9. The van der Waals surface area contributed by atoms with Gasteiger partial charge in [-0.05, 0) is 50.0 Å². The number of epoxide rings is 1. The molecule has 1 N–H and O–H groups in total. The molecule has 7 heteroatoms. The molecule has 2 saturated heterocycles. The number of rotatable bonds is 18. The number of hydrogen-bond acceptors (Lipinski definition) is 6. The Labute approximate surface area is 225 Å². The molecule has 2 heterocycles. The van der Waals surface area contributed by atoms with Gasteiger partial charge in [-0.1, -0.05) is 78.6 Å². The van der Waals surface area contributed by atoms with Gasteiger partial charge in [0.05, 0.1) is 0 Å². The van der Waals surface area contributed by atoms with Crippen molar-refractivity contribution in [1.29, 1.82) is 0 Å². The van der Waals surface area contributed by atoms with Gasteiger partial charge < -0.3 is 10.1 Å². The largest absolute Gasteiger partial charge is 0.356 e. The molecule has 4 atom stereocenters. The number of ketones is 2. The Hall–Kier alpha value is -1.31. The molecule has 2 fully saturated rings. The Bertz CT molecular complexity index is 826.